The molecule has 0 fully saturated rings. The molecule has 2 heterocycles. The number of rotatable bonds is 0. The van der Waals surface area contributed by atoms with Gasteiger partial charge in [0.1, 0.15) is 0 Å². The number of H-pyrrole nitrogens is 1. The highest BCUT2D eigenvalue weighted by Gasteiger charge is 1.93. The van der Waals surface area contributed by atoms with E-state index in [2.05, 4.69) is 10.2 Å². The average Bonchev–Trinajstić information content (AvgIpc) is 2.53. The Labute approximate surface area is 69.9 Å². The Balaban J connectivity index is 0.000000336. The lowest BCUT2D eigenvalue weighted by molar-refractivity contribution is 1.02. The summed E-state index contributed by atoms with van der Waals surface area (Å²) in [4.78, 5) is 10.8. The molecule has 0 radical (unpaired) electrons. The topological polar surface area (TPSA) is 50.2 Å². The van der Waals surface area contributed by atoms with Crippen molar-refractivity contribution in [3.8, 4) is 0 Å². The van der Waals surface area contributed by atoms with Crippen LogP contribution in [-0.4, -0.2) is 14.6 Å². The minimum atomic E-state index is -0.199. The summed E-state index contributed by atoms with van der Waals surface area (Å²) in [6.45, 7) is 4.00. The average molecular weight is 165 g/mol. The van der Waals surface area contributed by atoms with E-state index in [1.165, 1.54) is 4.40 Å². The number of nitrogens with zero attached hydrogens (tertiary/aromatic N) is 2. The van der Waals surface area contributed by atoms with E-state index in [1.807, 2.05) is 19.9 Å². The van der Waals surface area contributed by atoms with Gasteiger partial charge in [-0.15, -0.1) is 0 Å². The van der Waals surface area contributed by atoms with Crippen LogP contribution in [0.5, 0.6) is 0 Å². The Morgan fingerprint density at radius 3 is 2.83 bits per heavy atom. The second-order valence-corrected chi connectivity index (χ2v) is 1.96. The van der Waals surface area contributed by atoms with E-state index in [0.717, 1.165) is 0 Å². The Bertz CT molecular complexity index is 402. The number of pyridine rings is 1. The quantitative estimate of drug-likeness (QED) is 0.634. The molecular weight excluding hydrogens is 154 g/mol. The molecule has 0 atom stereocenters. The number of hydrogen-bond donors (Lipinski definition) is 1. The number of hydrogen-bond acceptors (Lipinski definition) is 2. The van der Waals surface area contributed by atoms with Crippen LogP contribution in [0.15, 0.2) is 29.2 Å². The Kier molecular flexibility index (Phi) is 2.63. The van der Waals surface area contributed by atoms with Crippen LogP contribution in [0.1, 0.15) is 13.8 Å². The fourth-order valence-electron chi connectivity index (χ4n) is 0.856. The minimum Gasteiger partial charge on any atom is -0.250 e. The molecule has 0 spiro atoms. The van der Waals surface area contributed by atoms with Crippen molar-refractivity contribution in [3.05, 3.63) is 34.9 Å². The SMILES string of the molecule is CC.O=c1[nH]nc2ccccn12. The van der Waals surface area contributed by atoms with Gasteiger partial charge in [-0.3, -0.25) is 4.40 Å². The molecule has 1 N–H and O–H groups in total. The van der Waals surface area contributed by atoms with E-state index in [9.17, 15) is 4.79 Å². The number of aromatic amines is 1. The lowest BCUT2D eigenvalue weighted by atomic mass is 10.5. The fraction of sp³-hybridized carbons (Fsp3) is 0.250. The summed E-state index contributed by atoms with van der Waals surface area (Å²) < 4.78 is 1.44. The van der Waals surface area contributed by atoms with Gasteiger partial charge in [-0.25, -0.2) is 9.89 Å². The van der Waals surface area contributed by atoms with Crippen LogP contribution in [0.2, 0.25) is 0 Å². The van der Waals surface area contributed by atoms with Crippen LogP contribution in [0.3, 0.4) is 0 Å². The van der Waals surface area contributed by atoms with Gasteiger partial charge in [-0.2, -0.15) is 5.10 Å². The first kappa shape index (κ1) is 8.52. The van der Waals surface area contributed by atoms with Crippen LogP contribution in [0, 0.1) is 0 Å². The van der Waals surface area contributed by atoms with Gasteiger partial charge in [0.25, 0.3) is 0 Å². The van der Waals surface area contributed by atoms with Gasteiger partial charge in [0.05, 0.1) is 0 Å². The van der Waals surface area contributed by atoms with E-state index in [-0.39, 0.29) is 5.69 Å². The largest absolute Gasteiger partial charge is 0.347 e. The molecule has 0 saturated carbocycles. The standard InChI is InChI=1S/C6H5N3O.C2H6/c10-6-8-7-5-3-1-2-4-9(5)6;1-2/h1-4H,(H,8,10);1-2H3. The first-order valence-electron chi connectivity index (χ1n) is 3.90. The maximum atomic E-state index is 10.8. The van der Waals surface area contributed by atoms with Crippen molar-refractivity contribution in [3.63, 3.8) is 0 Å². The molecule has 64 valence electrons. The summed E-state index contributed by atoms with van der Waals surface area (Å²) in [5, 5.41) is 6.08. The maximum absolute atomic E-state index is 10.8. The zero-order chi connectivity index (χ0) is 8.97. The smallest absolute Gasteiger partial charge is 0.250 e. The highest BCUT2D eigenvalue weighted by molar-refractivity contribution is 5.34. The molecule has 0 aliphatic rings. The van der Waals surface area contributed by atoms with Crippen molar-refractivity contribution < 1.29 is 0 Å². The molecule has 0 aliphatic heterocycles. The van der Waals surface area contributed by atoms with Crippen LogP contribution < -0.4 is 5.69 Å². The van der Waals surface area contributed by atoms with E-state index in [4.69, 9.17) is 0 Å². The van der Waals surface area contributed by atoms with Crippen molar-refractivity contribution in [2.75, 3.05) is 0 Å². The summed E-state index contributed by atoms with van der Waals surface area (Å²) in [5.41, 5.74) is 0.447. The lowest BCUT2D eigenvalue weighted by Gasteiger charge is -1.84. The molecule has 0 unspecified atom stereocenters. The van der Waals surface area contributed by atoms with Gasteiger partial charge < -0.3 is 0 Å². The van der Waals surface area contributed by atoms with Crippen LogP contribution in [0.4, 0.5) is 0 Å². The number of aromatic nitrogens is 3. The third kappa shape index (κ3) is 1.37. The first-order chi connectivity index (χ1) is 5.88. The van der Waals surface area contributed by atoms with E-state index < -0.39 is 0 Å². The summed E-state index contributed by atoms with van der Waals surface area (Å²) in [6.07, 6.45) is 1.67. The normalized spacial score (nSPS) is 9.17. The molecule has 4 heteroatoms. The van der Waals surface area contributed by atoms with Crippen LogP contribution in [0.25, 0.3) is 5.65 Å². The van der Waals surface area contributed by atoms with Crippen molar-refractivity contribution >= 4 is 5.65 Å². The van der Waals surface area contributed by atoms with Gasteiger partial charge in [0.2, 0.25) is 0 Å². The molecule has 2 aromatic heterocycles. The lowest BCUT2D eigenvalue weighted by Crippen LogP contribution is -2.07. The van der Waals surface area contributed by atoms with Gasteiger partial charge in [-0.1, -0.05) is 19.9 Å². The summed E-state index contributed by atoms with van der Waals surface area (Å²) in [6, 6.07) is 5.37. The molecule has 4 nitrogen and oxygen atoms in total. The van der Waals surface area contributed by atoms with Gasteiger partial charge >= 0.3 is 5.69 Å². The Morgan fingerprint density at radius 1 is 1.42 bits per heavy atom. The van der Waals surface area contributed by atoms with Gasteiger partial charge in [-0.05, 0) is 12.1 Å². The summed E-state index contributed by atoms with van der Waals surface area (Å²) in [5.74, 6) is 0. The Morgan fingerprint density at radius 2 is 2.17 bits per heavy atom. The first-order valence-corrected chi connectivity index (χ1v) is 3.90. The molecule has 0 bridgehead atoms. The predicted octanol–water partition coefficient (Wildman–Crippen LogP) is 1.05. The summed E-state index contributed by atoms with van der Waals surface area (Å²) >= 11 is 0. The molecule has 0 aromatic carbocycles. The zero-order valence-electron chi connectivity index (χ0n) is 7.11. The van der Waals surface area contributed by atoms with E-state index >= 15 is 0 Å². The van der Waals surface area contributed by atoms with Crippen molar-refractivity contribution in [1.29, 1.82) is 0 Å². The maximum Gasteiger partial charge on any atom is 0.347 e. The monoisotopic (exact) mass is 165 g/mol. The van der Waals surface area contributed by atoms with Crippen molar-refractivity contribution in [1.82, 2.24) is 14.6 Å². The zero-order valence-corrected chi connectivity index (χ0v) is 7.11. The second kappa shape index (κ2) is 3.71. The van der Waals surface area contributed by atoms with Gasteiger partial charge in [0, 0.05) is 6.20 Å². The van der Waals surface area contributed by atoms with Crippen LogP contribution >= 0.6 is 0 Å². The van der Waals surface area contributed by atoms with E-state index in [1.54, 1.807) is 18.3 Å². The van der Waals surface area contributed by atoms with Crippen molar-refractivity contribution in [2.45, 2.75) is 13.8 Å². The predicted molar refractivity (Wildman–Crippen MR) is 47.2 cm³/mol. The van der Waals surface area contributed by atoms with Crippen molar-refractivity contribution in [2.24, 2.45) is 0 Å². The third-order valence-electron chi connectivity index (χ3n) is 1.32. The fourth-order valence-corrected chi connectivity index (χ4v) is 0.856. The molecule has 0 aliphatic carbocycles. The van der Waals surface area contributed by atoms with Gasteiger partial charge in [0.15, 0.2) is 5.65 Å². The summed E-state index contributed by atoms with van der Waals surface area (Å²) in [7, 11) is 0. The highest BCUT2D eigenvalue weighted by Crippen LogP contribution is 1.90. The molecule has 2 aromatic rings. The molecule has 0 saturated heterocycles. The molecule has 0 amide bonds. The third-order valence-corrected chi connectivity index (χ3v) is 1.32. The Hall–Kier alpha value is -1.58. The number of fused-ring (bicyclic) bond motifs is 1. The molecular formula is C8H11N3O. The molecule has 2 rings (SSSR count). The highest BCUT2D eigenvalue weighted by atomic mass is 16.1. The van der Waals surface area contributed by atoms with E-state index in [0.29, 0.717) is 5.65 Å². The second-order valence-electron chi connectivity index (χ2n) is 1.96. The van der Waals surface area contributed by atoms with Crippen LogP contribution in [-0.2, 0) is 0 Å². The minimum absolute atomic E-state index is 0.199. The number of nitrogens with one attached hydrogen (secondary N) is 1. The molecule has 12 heavy (non-hydrogen) atoms.